The lowest BCUT2D eigenvalue weighted by Gasteiger charge is -2.34. The lowest BCUT2D eigenvalue weighted by atomic mass is 9.92. The van der Waals surface area contributed by atoms with Crippen molar-refractivity contribution in [1.82, 2.24) is 15.1 Å². The lowest BCUT2D eigenvalue weighted by Crippen LogP contribution is -2.46. The zero-order chi connectivity index (χ0) is 21.7. The minimum absolute atomic E-state index is 0.0719. The molecule has 30 heavy (non-hydrogen) atoms. The topological polar surface area (TPSA) is 44.8 Å². The van der Waals surface area contributed by atoms with Gasteiger partial charge in [-0.25, -0.2) is 0 Å². The van der Waals surface area contributed by atoms with Gasteiger partial charge in [0.1, 0.15) is 17.5 Å². The summed E-state index contributed by atoms with van der Waals surface area (Å²) in [4.78, 5) is 17.6. The number of ether oxygens (including phenoxy) is 1. The third-order valence-electron chi connectivity index (χ3n) is 5.81. The summed E-state index contributed by atoms with van der Waals surface area (Å²) in [6, 6.07) is 16.5. The van der Waals surface area contributed by atoms with Crippen molar-refractivity contribution < 1.29 is 9.53 Å². The third kappa shape index (κ3) is 5.41. The van der Waals surface area contributed by atoms with Gasteiger partial charge < -0.3 is 10.1 Å². The van der Waals surface area contributed by atoms with Crippen molar-refractivity contribution in [2.75, 3.05) is 26.7 Å². The van der Waals surface area contributed by atoms with Crippen molar-refractivity contribution in [3.05, 3.63) is 59.7 Å². The van der Waals surface area contributed by atoms with Crippen molar-refractivity contribution in [2.24, 2.45) is 0 Å². The average Bonchev–Trinajstić information content (AvgIpc) is 2.71. The third-order valence-corrected chi connectivity index (χ3v) is 5.81. The van der Waals surface area contributed by atoms with Gasteiger partial charge in [-0.1, -0.05) is 24.3 Å². The summed E-state index contributed by atoms with van der Waals surface area (Å²) in [5.41, 5.74) is 2.26. The number of likely N-dealkylation sites (N-methyl/N-ethyl adjacent to an activating group) is 1. The van der Waals surface area contributed by atoms with Crippen LogP contribution in [0.25, 0.3) is 0 Å². The van der Waals surface area contributed by atoms with Crippen LogP contribution in [0.15, 0.2) is 48.5 Å². The second-order valence-electron chi connectivity index (χ2n) is 8.63. The van der Waals surface area contributed by atoms with Gasteiger partial charge in [-0.2, -0.15) is 0 Å². The summed E-state index contributed by atoms with van der Waals surface area (Å²) >= 11 is 0. The molecule has 1 amide bonds. The fraction of sp³-hybridized carbons (Fsp3) is 0.480. The number of amides is 1. The lowest BCUT2D eigenvalue weighted by molar-refractivity contribution is -0.126. The molecule has 3 rings (SSSR count). The monoisotopic (exact) mass is 409 g/mol. The van der Waals surface area contributed by atoms with Crippen molar-refractivity contribution in [1.29, 1.82) is 0 Å². The Morgan fingerprint density at radius 2 is 1.80 bits per heavy atom. The second kappa shape index (κ2) is 10.1. The fourth-order valence-corrected chi connectivity index (χ4v) is 4.28. The van der Waals surface area contributed by atoms with E-state index in [0.717, 1.165) is 36.6 Å². The van der Waals surface area contributed by atoms with Crippen LogP contribution in [0.3, 0.4) is 0 Å². The minimum Gasteiger partial charge on any atom is -0.457 e. The number of hydrogen-bond acceptors (Lipinski definition) is 4. The second-order valence-corrected chi connectivity index (χ2v) is 8.63. The molecule has 0 aliphatic carbocycles. The maximum absolute atomic E-state index is 13.1. The number of nitrogens with zero attached hydrogens (tertiary/aromatic N) is 2. The molecule has 0 radical (unpaired) electrons. The van der Waals surface area contributed by atoms with Crippen molar-refractivity contribution in [2.45, 2.75) is 52.2 Å². The van der Waals surface area contributed by atoms with Gasteiger partial charge in [0.25, 0.3) is 0 Å². The van der Waals surface area contributed by atoms with Crippen LogP contribution in [-0.2, 0) is 11.2 Å². The first-order valence-corrected chi connectivity index (χ1v) is 11.0. The maximum Gasteiger partial charge on any atom is 0.242 e. The fourth-order valence-electron chi connectivity index (χ4n) is 4.28. The molecule has 2 aromatic rings. The highest BCUT2D eigenvalue weighted by Crippen LogP contribution is 2.32. The van der Waals surface area contributed by atoms with E-state index in [1.165, 1.54) is 5.56 Å². The molecular formula is C25H35N3O2. The predicted molar refractivity (Wildman–Crippen MR) is 122 cm³/mol. The molecule has 0 saturated heterocycles. The highest BCUT2D eigenvalue weighted by molar-refractivity contribution is 5.84. The van der Waals surface area contributed by atoms with Crippen LogP contribution in [0, 0.1) is 0 Å². The molecule has 1 aliphatic heterocycles. The summed E-state index contributed by atoms with van der Waals surface area (Å²) in [7, 11) is 2.02. The first-order chi connectivity index (χ1) is 14.4. The Balaban J connectivity index is 1.68. The average molecular weight is 410 g/mol. The van der Waals surface area contributed by atoms with Gasteiger partial charge in [0.2, 0.25) is 5.91 Å². The number of rotatable bonds is 8. The van der Waals surface area contributed by atoms with Crippen LogP contribution in [0.1, 0.15) is 44.9 Å². The smallest absolute Gasteiger partial charge is 0.242 e. The number of carbonyl (C=O) groups is 1. The van der Waals surface area contributed by atoms with E-state index in [1.807, 2.05) is 49.5 Å². The van der Waals surface area contributed by atoms with E-state index < -0.39 is 0 Å². The SMILES string of the molecule is CC(C)N(CCNC(=O)C1c2ccc(Oc3ccccc3)cc2CCN1C)C(C)C. The number of carbonyl (C=O) groups excluding carboxylic acids is 1. The van der Waals surface area contributed by atoms with Gasteiger partial charge in [-0.05, 0) is 76.6 Å². The van der Waals surface area contributed by atoms with Crippen molar-refractivity contribution >= 4 is 5.91 Å². The number of nitrogens with one attached hydrogen (secondary N) is 1. The molecule has 0 bridgehead atoms. The number of benzene rings is 2. The summed E-state index contributed by atoms with van der Waals surface area (Å²) in [6.45, 7) is 11.1. The van der Waals surface area contributed by atoms with E-state index in [2.05, 4.69) is 48.9 Å². The van der Waals surface area contributed by atoms with Crippen molar-refractivity contribution in [3.8, 4) is 11.5 Å². The molecule has 5 nitrogen and oxygen atoms in total. The molecule has 1 heterocycles. The largest absolute Gasteiger partial charge is 0.457 e. The Kier molecular flexibility index (Phi) is 7.51. The Labute approximate surface area is 181 Å². The summed E-state index contributed by atoms with van der Waals surface area (Å²) in [5, 5.41) is 3.16. The first kappa shape index (κ1) is 22.3. The molecule has 0 saturated carbocycles. The Morgan fingerprint density at radius 1 is 1.10 bits per heavy atom. The van der Waals surface area contributed by atoms with Crippen LogP contribution < -0.4 is 10.1 Å². The van der Waals surface area contributed by atoms with Gasteiger partial charge in [0, 0.05) is 31.7 Å². The molecule has 0 spiro atoms. The van der Waals surface area contributed by atoms with Crippen LogP contribution in [0.2, 0.25) is 0 Å². The van der Waals surface area contributed by atoms with Gasteiger partial charge in [0.15, 0.2) is 0 Å². The van der Waals surface area contributed by atoms with E-state index in [4.69, 9.17) is 4.74 Å². The van der Waals surface area contributed by atoms with E-state index in [9.17, 15) is 4.79 Å². The molecule has 1 N–H and O–H groups in total. The van der Waals surface area contributed by atoms with Crippen molar-refractivity contribution in [3.63, 3.8) is 0 Å². The van der Waals surface area contributed by atoms with E-state index in [0.29, 0.717) is 18.6 Å². The standard InChI is InChI=1S/C25H35N3O2/c1-18(2)28(19(3)4)16-14-26-25(29)24-23-12-11-22(17-20(23)13-15-27(24)5)30-21-9-7-6-8-10-21/h6-12,17-19,24H,13-16H2,1-5H3,(H,26,29). The number of hydrogen-bond donors (Lipinski definition) is 1. The Hall–Kier alpha value is -2.37. The molecule has 5 heteroatoms. The molecule has 162 valence electrons. The van der Waals surface area contributed by atoms with Gasteiger partial charge >= 0.3 is 0 Å². The highest BCUT2D eigenvalue weighted by atomic mass is 16.5. The van der Waals surface area contributed by atoms with Gasteiger partial charge in [-0.15, -0.1) is 0 Å². The van der Waals surface area contributed by atoms with Crippen LogP contribution in [0.4, 0.5) is 0 Å². The quantitative estimate of drug-likeness (QED) is 0.708. The normalized spacial score (nSPS) is 16.7. The van der Waals surface area contributed by atoms with Gasteiger partial charge in [0.05, 0.1) is 0 Å². The summed E-state index contributed by atoms with van der Waals surface area (Å²) < 4.78 is 5.98. The number of para-hydroxylation sites is 1. The highest BCUT2D eigenvalue weighted by Gasteiger charge is 2.31. The Morgan fingerprint density at radius 3 is 2.47 bits per heavy atom. The van der Waals surface area contributed by atoms with E-state index in [-0.39, 0.29) is 11.9 Å². The molecule has 1 unspecified atom stereocenters. The summed E-state index contributed by atoms with van der Waals surface area (Å²) in [6.07, 6.45) is 0.913. The molecule has 0 aromatic heterocycles. The molecule has 1 atom stereocenters. The summed E-state index contributed by atoms with van der Waals surface area (Å²) in [5.74, 6) is 1.70. The zero-order valence-corrected chi connectivity index (χ0v) is 18.9. The van der Waals surface area contributed by atoms with Crippen LogP contribution in [0.5, 0.6) is 11.5 Å². The van der Waals surface area contributed by atoms with Crippen LogP contribution in [-0.4, -0.2) is 54.5 Å². The maximum atomic E-state index is 13.1. The zero-order valence-electron chi connectivity index (χ0n) is 18.9. The molecule has 0 fully saturated rings. The van der Waals surface area contributed by atoms with E-state index in [1.54, 1.807) is 0 Å². The predicted octanol–water partition coefficient (Wildman–Crippen LogP) is 4.24. The number of fused-ring (bicyclic) bond motifs is 1. The Bertz CT molecular complexity index is 828. The van der Waals surface area contributed by atoms with Crippen LogP contribution >= 0.6 is 0 Å². The first-order valence-electron chi connectivity index (χ1n) is 11.0. The minimum atomic E-state index is -0.258. The molecule has 2 aromatic carbocycles. The molecule has 1 aliphatic rings. The molecular weight excluding hydrogens is 374 g/mol. The van der Waals surface area contributed by atoms with E-state index >= 15 is 0 Å². The van der Waals surface area contributed by atoms with Gasteiger partial charge in [-0.3, -0.25) is 14.6 Å².